The summed E-state index contributed by atoms with van der Waals surface area (Å²) in [6.45, 7) is 0.913. The molecule has 1 aliphatic heterocycles. The van der Waals surface area contributed by atoms with Crippen LogP contribution < -0.4 is 5.32 Å². The van der Waals surface area contributed by atoms with Crippen molar-refractivity contribution in [1.29, 1.82) is 0 Å². The van der Waals surface area contributed by atoms with Crippen molar-refractivity contribution in [3.63, 3.8) is 0 Å². The van der Waals surface area contributed by atoms with Crippen LogP contribution in [0.1, 0.15) is 28.4 Å². The van der Waals surface area contributed by atoms with Crippen LogP contribution in [0.4, 0.5) is 0 Å². The van der Waals surface area contributed by atoms with Crippen molar-refractivity contribution < 1.29 is 4.52 Å². The van der Waals surface area contributed by atoms with Crippen LogP contribution in [0.25, 0.3) is 0 Å². The highest BCUT2D eigenvalue weighted by Crippen LogP contribution is 2.18. The van der Waals surface area contributed by atoms with Crippen LogP contribution in [0.3, 0.4) is 0 Å². The van der Waals surface area contributed by atoms with Gasteiger partial charge in [-0.25, -0.2) is 0 Å². The van der Waals surface area contributed by atoms with Gasteiger partial charge in [-0.05, 0) is 29.5 Å². The molecule has 1 N–H and O–H groups in total. The van der Waals surface area contributed by atoms with Gasteiger partial charge in [-0.2, -0.15) is 4.98 Å². The molecule has 4 rings (SSSR count). The Balaban J connectivity index is 1.34. The molecule has 122 valence electrons. The summed E-state index contributed by atoms with van der Waals surface area (Å²) in [5.74, 6) is 1.53. The minimum atomic E-state index is 0.363. The lowest BCUT2D eigenvalue weighted by molar-refractivity contribution is 0.347. The molecule has 0 fully saturated rings. The first-order chi connectivity index (χ1) is 11.9. The summed E-state index contributed by atoms with van der Waals surface area (Å²) < 4.78 is 5.44. The van der Waals surface area contributed by atoms with E-state index < -0.39 is 0 Å². The fourth-order valence-corrected chi connectivity index (χ4v) is 3.25. The summed E-state index contributed by atoms with van der Waals surface area (Å²) in [6, 6.07) is 19.4. The van der Waals surface area contributed by atoms with Gasteiger partial charge in [-0.3, -0.25) is 0 Å². The zero-order chi connectivity index (χ0) is 16.2. The maximum Gasteiger partial charge on any atom is 0.228 e. The number of rotatable bonds is 5. The summed E-state index contributed by atoms with van der Waals surface area (Å²) >= 11 is 0. The lowest BCUT2D eigenvalue weighted by Crippen LogP contribution is -2.37. The predicted molar refractivity (Wildman–Crippen MR) is 92.6 cm³/mol. The molecule has 1 atom stereocenters. The van der Waals surface area contributed by atoms with E-state index in [2.05, 4.69) is 64.0 Å². The van der Waals surface area contributed by atoms with Gasteiger partial charge in [0.2, 0.25) is 5.89 Å². The fraction of sp³-hybridized carbons (Fsp3) is 0.300. The Morgan fingerprint density at radius 3 is 2.62 bits per heavy atom. The van der Waals surface area contributed by atoms with E-state index in [0.29, 0.717) is 6.04 Å². The molecule has 0 spiro atoms. The Morgan fingerprint density at radius 2 is 1.75 bits per heavy atom. The van der Waals surface area contributed by atoms with Gasteiger partial charge in [0.05, 0.1) is 0 Å². The topological polar surface area (TPSA) is 51.0 Å². The summed E-state index contributed by atoms with van der Waals surface area (Å²) in [5, 5.41) is 7.69. The first-order valence-corrected chi connectivity index (χ1v) is 8.52. The number of hydrogen-bond donors (Lipinski definition) is 1. The molecule has 0 amide bonds. The normalized spacial score (nSPS) is 16.8. The van der Waals surface area contributed by atoms with Crippen molar-refractivity contribution in [2.75, 3.05) is 0 Å². The minimum absolute atomic E-state index is 0.363. The van der Waals surface area contributed by atoms with Crippen molar-refractivity contribution in [3.05, 3.63) is 83.0 Å². The molecule has 0 saturated heterocycles. The average Bonchev–Trinajstić information content (AvgIpc) is 3.08. The van der Waals surface area contributed by atoms with Gasteiger partial charge in [-0.15, -0.1) is 0 Å². The van der Waals surface area contributed by atoms with Gasteiger partial charge in [-0.1, -0.05) is 59.8 Å². The molecule has 0 aliphatic carbocycles. The second-order valence-electron chi connectivity index (χ2n) is 6.34. The van der Waals surface area contributed by atoms with Crippen LogP contribution in [0.2, 0.25) is 0 Å². The minimum Gasteiger partial charge on any atom is -0.339 e. The van der Waals surface area contributed by atoms with Gasteiger partial charge >= 0.3 is 0 Å². The number of nitrogens with zero attached hydrogens (tertiary/aromatic N) is 2. The Labute approximate surface area is 141 Å². The third-order valence-electron chi connectivity index (χ3n) is 4.58. The van der Waals surface area contributed by atoms with Gasteiger partial charge in [0.1, 0.15) is 0 Å². The predicted octanol–water partition coefficient (Wildman–Crippen LogP) is 3.11. The van der Waals surface area contributed by atoms with Gasteiger partial charge < -0.3 is 9.84 Å². The lowest BCUT2D eigenvalue weighted by Gasteiger charge is -2.24. The van der Waals surface area contributed by atoms with E-state index in [1.54, 1.807) is 0 Å². The van der Waals surface area contributed by atoms with Crippen LogP contribution in [0, 0.1) is 0 Å². The summed E-state index contributed by atoms with van der Waals surface area (Å²) in [7, 11) is 0. The van der Waals surface area contributed by atoms with Crippen molar-refractivity contribution in [3.8, 4) is 0 Å². The van der Waals surface area contributed by atoms with Gasteiger partial charge in [0.25, 0.3) is 0 Å². The maximum atomic E-state index is 5.44. The van der Waals surface area contributed by atoms with Crippen molar-refractivity contribution >= 4 is 0 Å². The zero-order valence-corrected chi connectivity index (χ0v) is 13.6. The Morgan fingerprint density at radius 1 is 0.958 bits per heavy atom. The monoisotopic (exact) mass is 319 g/mol. The molecule has 0 radical (unpaired) electrons. The SMILES string of the molecule is c1ccc(CCc2noc(C[C@@H]3Cc4ccccc4CN3)n2)cc1. The number of nitrogens with one attached hydrogen (secondary N) is 1. The molecule has 1 aliphatic rings. The number of aromatic nitrogens is 2. The molecule has 1 aromatic heterocycles. The Kier molecular flexibility index (Phi) is 4.38. The quantitative estimate of drug-likeness (QED) is 0.785. The summed E-state index contributed by atoms with van der Waals surface area (Å²) in [5.41, 5.74) is 4.11. The number of benzene rings is 2. The van der Waals surface area contributed by atoms with Crippen LogP contribution in [-0.4, -0.2) is 16.2 Å². The van der Waals surface area contributed by atoms with Crippen LogP contribution >= 0.6 is 0 Å². The second kappa shape index (κ2) is 6.97. The molecular formula is C20H21N3O. The van der Waals surface area contributed by atoms with E-state index in [1.807, 2.05) is 6.07 Å². The number of hydrogen-bond acceptors (Lipinski definition) is 4. The largest absolute Gasteiger partial charge is 0.339 e. The second-order valence-corrected chi connectivity index (χ2v) is 6.34. The van der Waals surface area contributed by atoms with Gasteiger partial charge in [0, 0.05) is 25.4 Å². The smallest absolute Gasteiger partial charge is 0.228 e. The van der Waals surface area contributed by atoms with Crippen molar-refractivity contribution in [2.45, 2.75) is 38.3 Å². The van der Waals surface area contributed by atoms with E-state index >= 15 is 0 Å². The number of fused-ring (bicyclic) bond motifs is 1. The summed E-state index contributed by atoms with van der Waals surface area (Å²) in [6.07, 6.45) is 3.55. The van der Waals surface area contributed by atoms with Crippen molar-refractivity contribution in [2.24, 2.45) is 0 Å². The van der Waals surface area contributed by atoms with Crippen molar-refractivity contribution in [1.82, 2.24) is 15.5 Å². The van der Waals surface area contributed by atoms with E-state index in [-0.39, 0.29) is 0 Å². The molecule has 4 heteroatoms. The van der Waals surface area contributed by atoms with E-state index in [9.17, 15) is 0 Å². The lowest BCUT2D eigenvalue weighted by atomic mass is 9.94. The molecular weight excluding hydrogens is 298 g/mol. The van der Waals surface area contributed by atoms with Gasteiger partial charge in [0.15, 0.2) is 5.82 Å². The van der Waals surface area contributed by atoms with E-state index in [1.165, 1.54) is 16.7 Å². The molecule has 4 nitrogen and oxygen atoms in total. The zero-order valence-electron chi connectivity index (χ0n) is 13.6. The molecule has 3 aromatic rings. The Bertz CT molecular complexity index is 797. The molecule has 0 saturated carbocycles. The number of aryl methyl sites for hydroxylation is 2. The highest BCUT2D eigenvalue weighted by molar-refractivity contribution is 5.30. The molecule has 2 heterocycles. The molecule has 24 heavy (non-hydrogen) atoms. The van der Waals surface area contributed by atoms with Crippen LogP contribution in [0.15, 0.2) is 59.1 Å². The highest BCUT2D eigenvalue weighted by atomic mass is 16.5. The van der Waals surface area contributed by atoms with Crippen LogP contribution in [-0.2, 0) is 32.2 Å². The fourth-order valence-electron chi connectivity index (χ4n) is 3.25. The average molecular weight is 319 g/mol. The van der Waals surface area contributed by atoms with Crippen LogP contribution in [0.5, 0.6) is 0 Å². The Hall–Kier alpha value is -2.46. The van der Waals surface area contributed by atoms with E-state index in [4.69, 9.17) is 4.52 Å². The van der Waals surface area contributed by atoms with E-state index in [0.717, 1.165) is 43.9 Å². The third kappa shape index (κ3) is 3.54. The first kappa shape index (κ1) is 15.1. The highest BCUT2D eigenvalue weighted by Gasteiger charge is 2.20. The standard InChI is InChI=1S/C20H21N3O/c1-2-6-15(7-3-1)10-11-19-22-20(24-23-19)13-18-12-16-8-4-5-9-17(16)14-21-18/h1-9,18,21H,10-14H2/t18-/m0/s1. The maximum absolute atomic E-state index is 5.44. The molecule has 0 bridgehead atoms. The molecule has 0 unspecified atom stereocenters. The first-order valence-electron chi connectivity index (χ1n) is 8.52. The molecule has 2 aromatic carbocycles. The summed E-state index contributed by atoms with van der Waals surface area (Å²) in [4.78, 5) is 4.56. The third-order valence-corrected chi connectivity index (χ3v) is 4.58.